The minimum absolute atomic E-state index is 0.0868. The van der Waals surface area contributed by atoms with Crippen LogP contribution in [-0.4, -0.2) is 23.3 Å². The first-order valence-electron chi connectivity index (χ1n) is 8.14. The molecule has 1 aromatic carbocycles. The van der Waals surface area contributed by atoms with Crippen LogP contribution >= 0.6 is 0 Å². The third-order valence-corrected chi connectivity index (χ3v) is 3.41. The minimum atomic E-state index is -0.567. The lowest BCUT2D eigenvalue weighted by Gasteiger charge is -2.03. The molecule has 0 saturated carbocycles. The zero-order chi connectivity index (χ0) is 17.8. The molecule has 0 radical (unpaired) electrons. The van der Waals surface area contributed by atoms with Crippen molar-refractivity contribution in [3.63, 3.8) is 0 Å². The summed E-state index contributed by atoms with van der Waals surface area (Å²) in [5.41, 5.74) is 0.233. The number of rotatable bonds is 11. The van der Waals surface area contributed by atoms with Crippen LogP contribution in [0.3, 0.4) is 0 Å². The molecule has 0 aliphatic heterocycles. The summed E-state index contributed by atoms with van der Waals surface area (Å²) >= 11 is 0. The van der Waals surface area contributed by atoms with E-state index in [9.17, 15) is 19.7 Å². The molecule has 0 unspecified atom stereocenters. The van der Waals surface area contributed by atoms with Crippen LogP contribution in [0.2, 0.25) is 0 Å². The monoisotopic (exact) mass is 333 g/mol. The highest BCUT2D eigenvalue weighted by molar-refractivity contribution is 6.04. The maximum Gasteiger partial charge on any atom is 0.313 e. The lowest BCUT2D eigenvalue weighted by atomic mass is 10.1. The molecule has 130 valence electrons. The molecule has 0 atom stereocenters. The van der Waals surface area contributed by atoms with Gasteiger partial charge in [-0.15, -0.1) is 0 Å². The highest BCUT2D eigenvalue weighted by atomic mass is 16.6. The van der Waals surface area contributed by atoms with Crippen molar-refractivity contribution in [3.05, 3.63) is 46.0 Å². The number of hydrogen-bond acceptors (Lipinski definition) is 5. The number of nitro groups is 1. The van der Waals surface area contributed by atoms with Crippen LogP contribution in [-0.2, 0) is 14.3 Å². The first-order valence-corrected chi connectivity index (χ1v) is 8.14. The fourth-order valence-corrected chi connectivity index (χ4v) is 2.12. The fraction of sp³-hybridized carbons (Fsp3) is 0.444. The Morgan fingerprint density at radius 3 is 2.58 bits per heavy atom. The Morgan fingerprint density at radius 1 is 1.17 bits per heavy atom. The predicted octanol–water partition coefficient (Wildman–Crippen LogP) is 4.08. The van der Waals surface area contributed by atoms with Gasteiger partial charge in [0.05, 0.1) is 17.1 Å². The van der Waals surface area contributed by atoms with Crippen molar-refractivity contribution in [2.75, 3.05) is 6.61 Å². The summed E-state index contributed by atoms with van der Waals surface area (Å²) in [4.78, 5) is 33.6. The van der Waals surface area contributed by atoms with Gasteiger partial charge in [0.25, 0.3) is 5.69 Å². The van der Waals surface area contributed by atoms with Gasteiger partial charge in [-0.1, -0.05) is 44.7 Å². The Labute approximate surface area is 141 Å². The first kappa shape index (κ1) is 19.5. The average molecular weight is 333 g/mol. The number of para-hydroxylation sites is 1. The predicted molar refractivity (Wildman–Crippen MR) is 91.5 cm³/mol. The molecule has 0 amide bonds. The molecule has 1 rings (SSSR count). The standard InChI is InChI=1S/C18H23NO5/c1-2-3-4-5-8-13-24-18(21)14-16(20)12-11-15-9-6-7-10-17(15)19(22)23/h6-7,9-12H,2-5,8,13-14H2,1H3. The highest BCUT2D eigenvalue weighted by Gasteiger charge is 2.11. The van der Waals surface area contributed by atoms with E-state index in [0.29, 0.717) is 12.2 Å². The Hall–Kier alpha value is -2.50. The lowest BCUT2D eigenvalue weighted by molar-refractivity contribution is -0.385. The van der Waals surface area contributed by atoms with E-state index < -0.39 is 16.7 Å². The van der Waals surface area contributed by atoms with Crippen molar-refractivity contribution in [1.29, 1.82) is 0 Å². The molecule has 0 saturated heterocycles. The second-order valence-electron chi connectivity index (χ2n) is 5.43. The summed E-state index contributed by atoms with van der Waals surface area (Å²) in [5, 5.41) is 10.9. The van der Waals surface area contributed by atoms with E-state index in [1.165, 1.54) is 30.7 Å². The second kappa shape index (κ2) is 11.1. The summed E-state index contributed by atoms with van der Waals surface area (Å²) in [6.45, 7) is 2.45. The molecule has 1 aromatic rings. The Bertz CT molecular complexity index is 595. The molecular weight excluding hydrogens is 310 g/mol. The number of benzene rings is 1. The van der Waals surface area contributed by atoms with E-state index >= 15 is 0 Å². The number of carbonyl (C=O) groups excluding carboxylic acids is 2. The molecule has 0 fully saturated rings. The number of ether oxygens (including phenoxy) is 1. The SMILES string of the molecule is CCCCCCCOC(=O)CC(=O)C=Cc1ccccc1[N+](=O)[O-]. The Kier molecular flexibility index (Phi) is 9.04. The fourth-order valence-electron chi connectivity index (χ4n) is 2.12. The second-order valence-corrected chi connectivity index (χ2v) is 5.43. The van der Waals surface area contributed by atoms with Gasteiger partial charge in [-0.3, -0.25) is 19.7 Å². The molecule has 0 bridgehead atoms. The summed E-state index contributed by atoms with van der Waals surface area (Å²) in [7, 11) is 0. The van der Waals surface area contributed by atoms with Crippen molar-refractivity contribution in [2.24, 2.45) is 0 Å². The number of unbranched alkanes of at least 4 members (excludes halogenated alkanes) is 4. The van der Waals surface area contributed by atoms with Gasteiger partial charge in [-0.2, -0.15) is 0 Å². The number of nitro benzene ring substituents is 1. The lowest BCUT2D eigenvalue weighted by Crippen LogP contribution is -2.10. The van der Waals surface area contributed by atoms with Crippen LogP contribution in [0.25, 0.3) is 6.08 Å². The first-order chi connectivity index (χ1) is 11.5. The van der Waals surface area contributed by atoms with E-state index in [1.807, 2.05) is 0 Å². The molecule has 0 heterocycles. The van der Waals surface area contributed by atoms with Gasteiger partial charge >= 0.3 is 5.97 Å². The van der Waals surface area contributed by atoms with Gasteiger partial charge in [0, 0.05) is 6.07 Å². The number of hydrogen-bond donors (Lipinski definition) is 0. The number of esters is 1. The van der Waals surface area contributed by atoms with Gasteiger partial charge in [0.1, 0.15) is 6.42 Å². The van der Waals surface area contributed by atoms with Crippen molar-refractivity contribution in [3.8, 4) is 0 Å². The van der Waals surface area contributed by atoms with Crippen LogP contribution < -0.4 is 0 Å². The quantitative estimate of drug-likeness (QED) is 0.152. The normalized spacial score (nSPS) is 10.7. The Balaban J connectivity index is 2.38. The van der Waals surface area contributed by atoms with Crippen LogP contribution in [0.1, 0.15) is 51.0 Å². The summed E-state index contributed by atoms with van der Waals surface area (Å²) in [6.07, 6.45) is 7.41. The summed E-state index contributed by atoms with van der Waals surface area (Å²) in [5.74, 6) is -1.01. The average Bonchev–Trinajstić information content (AvgIpc) is 2.56. The summed E-state index contributed by atoms with van der Waals surface area (Å²) in [6, 6.07) is 6.09. The molecule has 6 nitrogen and oxygen atoms in total. The molecular formula is C18H23NO5. The minimum Gasteiger partial charge on any atom is -0.465 e. The van der Waals surface area contributed by atoms with Gasteiger partial charge in [0.15, 0.2) is 5.78 Å². The molecule has 24 heavy (non-hydrogen) atoms. The number of carbonyl (C=O) groups is 2. The molecule has 0 aliphatic rings. The zero-order valence-corrected chi connectivity index (χ0v) is 13.9. The van der Waals surface area contributed by atoms with Crippen molar-refractivity contribution in [2.45, 2.75) is 45.4 Å². The van der Waals surface area contributed by atoms with Crippen molar-refractivity contribution < 1.29 is 19.2 Å². The van der Waals surface area contributed by atoms with Crippen LogP contribution in [0, 0.1) is 10.1 Å². The molecule has 0 N–H and O–H groups in total. The van der Waals surface area contributed by atoms with E-state index in [0.717, 1.165) is 25.7 Å². The topological polar surface area (TPSA) is 86.5 Å². The number of nitrogens with zero attached hydrogens (tertiary/aromatic N) is 1. The molecule has 0 spiro atoms. The zero-order valence-electron chi connectivity index (χ0n) is 13.9. The maximum atomic E-state index is 11.7. The maximum absolute atomic E-state index is 11.7. The summed E-state index contributed by atoms with van der Waals surface area (Å²) < 4.78 is 5.01. The van der Waals surface area contributed by atoms with E-state index in [-0.39, 0.29) is 12.1 Å². The van der Waals surface area contributed by atoms with Crippen LogP contribution in [0.5, 0.6) is 0 Å². The van der Waals surface area contributed by atoms with Gasteiger partial charge < -0.3 is 4.74 Å². The number of allylic oxidation sites excluding steroid dienone is 1. The third-order valence-electron chi connectivity index (χ3n) is 3.41. The molecule has 0 aromatic heterocycles. The van der Waals surface area contributed by atoms with Gasteiger partial charge in [-0.25, -0.2) is 0 Å². The highest BCUT2D eigenvalue weighted by Crippen LogP contribution is 2.19. The molecule has 6 heteroatoms. The van der Waals surface area contributed by atoms with Crippen LogP contribution in [0.4, 0.5) is 5.69 Å². The smallest absolute Gasteiger partial charge is 0.313 e. The van der Waals surface area contributed by atoms with Crippen LogP contribution in [0.15, 0.2) is 30.3 Å². The third kappa shape index (κ3) is 7.67. The van der Waals surface area contributed by atoms with E-state index in [4.69, 9.17) is 4.74 Å². The Morgan fingerprint density at radius 2 is 1.88 bits per heavy atom. The van der Waals surface area contributed by atoms with Crippen molar-refractivity contribution >= 4 is 23.5 Å². The largest absolute Gasteiger partial charge is 0.465 e. The van der Waals surface area contributed by atoms with E-state index in [2.05, 4.69) is 6.92 Å². The number of ketones is 1. The van der Waals surface area contributed by atoms with Gasteiger partial charge in [-0.05, 0) is 24.6 Å². The van der Waals surface area contributed by atoms with E-state index in [1.54, 1.807) is 12.1 Å². The van der Waals surface area contributed by atoms with Crippen molar-refractivity contribution in [1.82, 2.24) is 0 Å². The van der Waals surface area contributed by atoms with Gasteiger partial charge in [0.2, 0.25) is 0 Å². The molecule has 0 aliphatic carbocycles.